The standard InChI is InChI=1S/C19H17P.C8H15NO4.C7H10N3O4P.2C6H7N3O4.C6H11NO4.C4H9N3O2.C4H7NO4.C3H8.H3N/c1-20(17-11-5-2-6-12-17,18-13-7-3-8-14-18)19-15-9-4-10-16-19;1-4-9(7(10)12-5-2)8(11)13-6-3;1-3-9-6(13)8-4(5(11)12)10(15-2)7(9)14;2*1-2-9-5(12)7-3(4(10)11)8-6(9)13;1-3-10-5(8)7-6(9)11-4-2;1-2-7(3(5)8)4(6)9;1-2-5(3(6)7)4(8)9;1-3-2;/h2-16H,1H2;4-6H2,1-3H3;15H,3H2,1-2H3,(H,11,12);2*2H2,1H3,(H,10,11)(H,7,8,12,13);3-4H2,1-2H3,(H,7,8,9);2H2,1H3,(H2,5,8)(H2,6,9);2H2,1H3,(H,6,7)(H,8,9);3H2,1-2H3;1H3. The van der Waals surface area contributed by atoms with Crippen LogP contribution in [0.3, 0.4) is 0 Å². The van der Waals surface area contributed by atoms with Gasteiger partial charge in [0.15, 0.2) is 0 Å². The monoisotopic (exact) mass is 1550 g/mol. The van der Waals surface area contributed by atoms with E-state index in [9.17, 15) is 81.5 Å². The molecule has 10 amide bonds. The summed E-state index contributed by atoms with van der Waals surface area (Å²) in [7, 11) is -0.0826. The average Bonchev–Trinajstić information content (AvgIpc) is 0.772. The highest BCUT2D eigenvalue weighted by Gasteiger charge is 2.24. The maximum absolute atomic E-state index is 11.6. The zero-order valence-electron chi connectivity index (χ0n) is 61.2. The lowest BCUT2D eigenvalue weighted by Crippen LogP contribution is -2.43. The number of rotatable bonds is 17. The summed E-state index contributed by atoms with van der Waals surface area (Å²) < 4.78 is 21.6. The quantitative estimate of drug-likeness (QED) is 0.0452. The Morgan fingerprint density at radius 1 is 0.477 bits per heavy atom. The molecule has 0 saturated heterocycles. The smallest absolute Gasteiger partial charge is 0.419 e. The number of aromatic nitrogens is 9. The van der Waals surface area contributed by atoms with Gasteiger partial charge in [0.2, 0.25) is 17.5 Å². The van der Waals surface area contributed by atoms with E-state index in [1.807, 2.05) is 15.3 Å². The number of primary amides is 2. The number of nitrogens with zero attached hydrogens (tertiary/aromatic N) is 10. The Morgan fingerprint density at radius 3 is 0.981 bits per heavy atom. The van der Waals surface area contributed by atoms with Crippen LogP contribution in [0.15, 0.2) is 120 Å². The Kier molecular flexibility index (Phi) is 52.0. The zero-order valence-corrected chi connectivity index (χ0v) is 63.1. The van der Waals surface area contributed by atoms with E-state index < -0.39 is 125 Å². The van der Waals surface area contributed by atoms with Gasteiger partial charge in [0.1, 0.15) is 0 Å². The SMILES string of the molecule is C=P(c1ccccc1)(c1ccccc1)c1ccccc1.CCC.CCN(C(=O)O)C(=O)O.CCN(C(N)=O)C(N)=O.CCOC(=O)N(CC)C(=O)OCC.CCOC(=O)NC(=O)OCC.CCn1c(=O)nc(C(=O)O)[nH]c1=O.CCn1c(=O)nc(C(=O)O)[nH]c1=O.CCn1c(=O)nc(C(=O)O)n(PC)c1=O.N. The number of alkyl carbamates (subject to hydrolysis) is 2. The van der Waals surface area contributed by atoms with E-state index in [2.05, 4.69) is 139 Å². The molecule has 107 heavy (non-hydrogen) atoms. The normalized spacial score (nSPS) is 9.65. The van der Waals surface area contributed by atoms with Crippen molar-refractivity contribution in [3.05, 3.63) is 171 Å². The van der Waals surface area contributed by atoms with Crippen LogP contribution < -0.4 is 73.0 Å². The third-order valence-corrected chi connectivity index (χ3v) is 16.3. The minimum Gasteiger partial charge on any atom is -0.475 e. The average molecular weight is 1550 g/mol. The molecule has 0 aliphatic heterocycles. The topological polar surface area (TPSA) is 627 Å². The summed E-state index contributed by atoms with van der Waals surface area (Å²) in [5.41, 5.74) is 4.77. The second kappa shape index (κ2) is 55.1. The molecule has 3 aromatic heterocycles. The van der Waals surface area contributed by atoms with E-state index in [1.165, 1.54) is 29.3 Å². The number of nitrogens with one attached hydrogen (secondary N) is 3. The number of amides is 10. The number of aromatic carboxylic acids is 3. The van der Waals surface area contributed by atoms with Crippen molar-refractivity contribution in [2.24, 2.45) is 11.5 Å². The van der Waals surface area contributed by atoms with Gasteiger partial charge in [-0.2, -0.15) is 15.0 Å². The van der Waals surface area contributed by atoms with Crippen LogP contribution in [0.1, 0.15) is 121 Å². The number of carboxylic acid groups (broad SMARTS) is 5. The number of hydrogen-bond acceptors (Lipinski definition) is 25. The molecule has 3 aromatic carbocycles. The summed E-state index contributed by atoms with van der Waals surface area (Å²) in [6.07, 6.45) is 0.163. The fourth-order valence-corrected chi connectivity index (χ4v) is 10.8. The first-order valence-corrected chi connectivity index (χ1v) is 35.1. The van der Waals surface area contributed by atoms with Gasteiger partial charge in [-0.1, -0.05) is 118 Å². The molecule has 592 valence electrons. The highest BCUT2D eigenvalue weighted by atomic mass is 31.2. The number of urea groups is 2. The highest BCUT2D eigenvalue weighted by molar-refractivity contribution is 7.93. The van der Waals surface area contributed by atoms with Crippen LogP contribution in [0.25, 0.3) is 0 Å². The molecule has 44 heteroatoms. The third kappa shape index (κ3) is 36.0. The second-order valence-electron chi connectivity index (χ2n) is 19.0. The summed E-state index contributed by atoms with van der Waals surface area (Å²) in [6.45, 7) is 22.1. The van der Waals surface area contributed by atoms with Crippen molar-refractivity contribution in [1.29, 1.82) is 0 Å². The van der Waals surface area contributed by atoms with Crippen molar-refractivity contribution in [1.82, 2.24) is 69.1 Å². The number of imide groups is 4. The number of aromatic amines is 2. The first-order valence-electron chi connectivity index (χ1n) is 31.7. The zero-order chi connectivity index (χ0) is 82.0. The Balaban J connectivity index is -0.000000570. The van der Waals surface area contributed by atoms with Gasteiger partial charge >= 0.3 is 101 Å². The number of carboxylic acids is 3. The summed E-state index contributed by atoms with van der Waals surface area (Å²) in [5, 5.41) is 47.6. The van der Waals surface area contributed by atoms with Crippen molar-refractivity contribution in [3.63, 3.8) is 0 Å². The number of ether oxygens (including phenoxy) is 4. The summed E-state index contributed by atoms with van der Waals surface area (Å²) in [6, 6.07) is 30.3. The Bertz CT molecular complexity index is 3900. The third-order valence-electron chi connectivity index (χ3n) is 11.9. The minimum atomic E-state index is -1.78. The molecule has 1 unspecified atom stereocenters. The molecule has 0 aliphatic carbocycles. The van der Waals surface area contributed by atoms with Crippen LogP contribution in [0.4, 0.5) is 38.4 Å². The fourth-order valence-electron chi connectivity index (χ4n) is 7.17. The molecular formula is C63H94N16O26P2. The number of carbonyl (C=O) groups is 11. The number of hydrogen-bond donors (Lipinski definition) is 11. The van der Waals surface area contributed by atoms with Gasteiger partial charge < -0.3 is 62.1 Å². The van der Waals surface area contributed by atoms with E-state index in [4.69, 9.17) is 43.3 Å². The van der Waals surface area contributed by atoms with Crippen LogP contribution >= 0.6 is 15.6 Å². The molecule has 0 fully saturated rings. The van der Waals surface area contributed by atoms with Gasteiger partial charge in [-0.25, -0.2) is 115 Å². The molecule has 42 nitrogen and oxygen atoms in total. The molecule has 0 saturated carbocycles. The second-order valence-corrected chi connectivity index (χ2v) is 23.1. The molecule has 6 rings (SSSR count). The van der Waals surface area contributed by atoms with Crippen LogP contribution in [-0.4, -0.2) is 209 Å². The van der Waals surface area contributed by atoms with Crippen molar-refractivity contribution < 1.29 is 97.2 Å². The summed E-state index contributed by atoms with van der Waals surface area (Å²) >= 11 is 0. The maximum Gasteiger partial charge on any atom is 0.419 e. The van der Waals surface area contributed by atoms with Crippen LogP contribution in [-0.2, 0) is 38.6 Å². The van der Waals surface area contributed by atoms with Gasteiger partial charge in [0, 0.05) is 39.3 Å². The highest BCUT2D eigenvalue weighted by Crippen LogP contribution is 2.41. The van der Waals surface area contributed by atoms with E-state index in [0.29, 0.717) is 4.90 Å². The predicted molar refractivity (Wildman–Crippen MR) is 395 cm³/mol. The molecule has 0 radical (unpaired) electrons. The van der Waals surface area contributed by atoms with Gasteiger partial charge in [0.25, 0.3) is 0 Å². The number of carbonyl (C=O) groups excluding carboxylic acids is 6. The van der Waals surface area contributed by atoms with E-state index in [-0.39, 0.29) is 80.6 Å². The van der Waals surface area contributed by atoms with Crippen LogP contribution in [0.5, 0.6) is 0 Å². The maximum atomic E-state index is 11.6. The summed E-state index contributed by atoms with van der Waals surface area (Å²) in [4.78, 5) is 197. The molecule has 15 N–H and O–H groups in total. The molecule has 0 spiro atoms. The van der Waals surface area contributed by atoms with Crippen molar-refractivity contribution in [2.75, 3.05) is 52.7 Å². The first kappa shape index (κ1) is 101. The lowest BCUT2D eigenvalue weighted by molar-refractivity contribution is 0.0669. The molecule has 0 bridgehead atoms. The molecule has 0 aliphatic rings. The lowest BCUT2D eigenvalue weighted by atomic mass is 10.4. The largest absolute Gasteiger partial charge is 0.475 e. The number of H-pyrrole nitrogens is 2. The van der Waals surface area contributed by atoms with E-state index >= 15 is 0 Å². The predicted octanol–water partition coefficient (Wildman–Crippen LogP) is 4.13. The Hall–Kier alpha value is -12.4. The Labute approximate surface area is 613 Å². The van der Waals surface area contributed by atoms with E-state index in [0.717, 1.165) is 27.8 Å². The van der Waals surface area contributed by atoms with Gasteiger partial charge in [0.05, 0.1) is 26.4 Å². The minimum absolute atomic E-state index is 0. The van der Waals surface area contributed by atoms with Crippen LogP contribution in [0.2, 0.25) is 0 Å². The molecule has 3 heterocycles. The van der Waals surface area contributed by atoms with Gasteiger partial charge in [-0.3, -0.25) is 14.3 Å². The van der Waals surface area contributed by atoms with Crippen molar-refractivity contribution in [3.8, 4) is 0 Å². The van der Waals surface area contributed by atoms with Crippen molar-refractivity contribution in [2.45, 2.75) is 109 Å². The number of benzene rings is 3. The van der Waals surface area contributed by atoms with Crippen LogP contribution in [0, 0.1) is 0 Å². The molecule has 1 atom stereocenters. The first-order chi connectivity index (χ1) is 49.9. The van der Waals surface area contributed by atoms with Crippen molar-refractivity contribution >= 4 is 104 Å². The van der Waals surface area contributed by atoms with Gasteiger partial charge in [-0.05, 0) is 107 Å². The summed E-state index contributed by atoms with van der Waals surface area (Å²) in [5.74, 6) is -6.02. The van der Waals surface area contributed by atoms with E-state index in [1.54, 1.807) is 69.0 Å². The fraction of sp³-hybridized carbons (Fsp3) is 0.381. The Morgan fingerprint density at radius 2 is 0.776 bits per heavy atom. The van der Waals surface area contributed by atoms with Gasteiger partial charge in [-0.15, -0.1) is 0 Å². The molecule has 6 aromatic rings. The number of nitrogens with two attached hydrogens (primary N) is 2. The lowest BCUT2D eigenvalue weighted by Gasteiger charge is -2.26. The molecular weight excluding hydrogens is 1460 g/mol.